The number of nitrogens with zero attached hydrogens (tertiary/aromatic N) is 3. The Bertz CT molecular complexity index is 1220. The van der Waals surface area contributed by atoms with Gasteiger partial charge in [-0.1, -0.05) is 30.3 Å². The van der Waals surface area contributed by atoms with Crippen LogP contribution in [-0.2, 0) is 0 Å². The molecule has 1 aromatic heterocycles. The summed E-state index contributed by atoms with van der Waals surface area (Å²) >= 11 is 0. The Morgan fingerprint density at radius 3 is 2.60 bits per heavy atom. The molecule has 4 nitrogen and oxygen atoms in total. The van der Waals surface area contributed by atoms with Gasteiger partial charge in [0, 0.05) is 11.9 Å². The fourth-order valence-electron chi connectivity index (χ4n) is 4.28. The van der Waals surface area contributed by atoms with Crippen molar-refractivity contribution in [2.24, 2.45) is 0 Å². The van der Waals surface area contributed by atoms with Crippen LogP contribution >= 0.6 is 0 Å². The zero-order valence-corrected chi connectivity index (χ0v) is 16.7. The third kappa shape index (κ3) is 3.26. The van der Waals surface area contributed by atoms with Crippen LogP contribution < -0.4 is 4.90 Å². The molecule has 1 fully saturated rings. The maximum Gasteiger partial charge on any atom is 0.165 e. The van der Waals surface area contributed by atoms with E-state index in [4.69, 9.17) is 9.97 Å². The van der Waals surface area contributed by atoms with E-state index in [1.54, 1.807) is 12.1 Å². The number of hydrogen-bond donors (Lipinski definition) is 1. The standard InChI is InChI=1S/C25H22FN3O/c1-16-8-13-19-21(15-16)27-24(20-5-2-3-7-23(20)30)28-25(19)29-14-4-6-22(29)17-9-11-18(26)12-10-17/h2-3,5,7-13,15,22,30H,4,6,14H2,1H3. The fraction of sp³-hybridized carbons (Fsp3) is 0.200. The number of para-hydroxylation sites is 1. The second kappa shape index (κ2) is 7.41. The van der Waals surface area contributed by atoms with Crippen molar-refractivity contribution in [2.75, 3.05) is 11.4 Å². The number of fused-ring (bicyclic) bond motifs is 1. The lowest BCUT2D eigenvalue weighted by atomic mass is 10.0. The molecular weight excluding hydrogens is 377 g/mol. The highest BCUT2D eigenvalue weighted by atomic mass is 19.1. The average Bonchev–Trinajstić information content (AvgIpc) is 3.23. The summed E-state index contributed by atoms with van der Waals surface area (Å²) in [5.74, 6) is 1.29. The lowest BCUT2D eigenvalue weighted by molar-refractivity contribution is 0.477. The van der Waals surface area contributed by atoms with Crippen molar-refractivity contribution in [1.82, 2.24) is 9.97 Å². The van der Waals surface area contributed by atoms with Gasteiger partial charge in [0.15, 0.2) is 5.82 Å². The highest BCUT2D eigenvalue weighted by Crippen LogP contribution is 2.39. The number of halogens is 1. The van der Waals surface area contributed by atoms with Crippen molar-refractivity contribution in [3.8, 4) is 17.1 Å². The van der Waals surface area contributed by atoms with Gasteiger partial charge in [0.05, 0.1) is 17.1 Å². The van der Waals surface area contributed by atoms with Crippen LogP contribution in [0.4, 0.5) is 10.2 Å². The van der Waals surface area contributed by atoms with E-state index in [0.29, 0.717) is 11.4 Å². The first-order chi connectivity index (χ1) is 14.6. The Hall–Kier alpha value is -3.47. The third-order valence-corrected chi connectivity index (χ3v) is 5.76. The number of phenolic OH excluding ortho intramolecular Hbond substituents is 1. The molecule has 0 saturated carbocycles. The molecule has 1 atom stereocenters. The summed E-state index contributed by atoms with van der Waals surface area (Å²) in [6.07, 6.45) is 2.01. The van der Waals surface area contributed by atoms with E-state index in [-0.39, 0.29) is 17.6 Å². The molecule has 0 bridgehead atoms. The van der Waals surface area contributed by atoms with E-state index in [1.165, 1.54) is 12.1 Å². The zero-order chi connectivity index (χ0) is 20.7. The van der Waals surface area contributed by atoms with Gasteiger partial charge in [0.1, 0.15) is 17.4 Å². The summed E-state index contributed by atoms with van der Waals surface area (Å²) in [5, 5.41) is 11.4. The topological polar surface area (TPSA) is 49.2 Å². The number of aromatic nitrogens is 2. The van der Waals surface area contributed by atoms with Crippen molar-refractivity contribution >= 4 is 16.7 Å². The molecule has 1 aliphatic rings. The Kier molecular flexibility index (Phi) is 4.58. The normalized spacial score (nSPS) is 16.3. The van der Waals surface area contributed by atoms with Crippen LogP contribution in [0.5, 0.6) is 5.75 Å². The fourth-order valence-corrected chi connectivity index (χ4v) is 4.28. The molecule has 1 unspecified atom stereocenters. The lowest BCUT2D eigenvalue weighted by Crippen LogP contribution is -2.24. The number of aryl methyl sites for hydroxylation is 1. The van der Waals surface area contributed by atoms with Crippen LogP contribution in [0, 0.1) is 12.7 Å². The molecule has 0 radical (unpaired) electrons. The van der Waals surface area contributed by atoms with E-state index in [1.807, 2.05) is 37.3 Å². The summed E-state index contributed by atoms with van der Waals surface area (Å²) in [4.78, 5) is 12.0. The minimum Gasteiger partial charge on any atom is -0.507 e. The van der Waals surface area contributed by atoms with Gasteiger partial charge in [-0.25, -0.2) is 14.4 Å². The van der Waals surface area contributed by atoms with Crippen LogP contribution in [0.1, 0.15) is 30.0 Å². The quantitative estimate of drug-likeness (QED) is 0.474. The van der Waals surface area contributed by atoms with Crippen molar-refractivity contribution in [3.63, 3.8) is 0 Å². The molecule has 3 aromatic carbocycles. The molecule has 150 valence electrons. The summed E-state index contributed by atoms with van der Waals surface area (Å²) in [6, 6.07) is 20.2. The van der Waals surface area contributed by atoms with E-state index < -0.39 is 0 Å². The summed E-state index contributed by atoms with van der Waals surface area (Å²) in [5.41, 5.74) is 3.66. The third-order valence-electron chi connectivity index (χ3n) is 5.76. The van der Waals surface area contributed by atoms with Crippen molar-refractivity contribution in [3.05, 3.63) is 83.7 Å². The molecule has 30 heavy (non-hydrogen) atoms. The Morgan fingerprint density at radius 2 is 1.80 bits per heavy atom. The number of hydrogen-bond acceptors (Lipinski definition) is 4. The van der Waals surface area contributed by atoms with Crippen LogP contribution in [0.25, 0.3) is 22.3 Å². The van der Waals surface area contributed by atoms with Gasteiger partial charge in [0.25, 0.3) is 0 Å². The van der Waals surface area contributed by atoms with Crippen LogP contribution in [0.3, 0.4) is 0 Å². The molecule has 1 N–H and O–H groups in total. The first-order valence-electron chi connectivity index (χ1n) is 10.2. The van der Waals surface area contributed by atoms with Gasteiger partial charge < -0.3 is 10.0 Å². The monoisotopic (exact) mass is 399 g/mol. The van der Waals surface area contributed by atoms with Crippen molar-refractivity contribution in [2.45, 2.75) is 25.8 Å². The predicted molar refractivity (Wildman–Crippen MR) is 117 cm³/mol. The Balaban J connectivity index is 1.69. The first-order valence-corrected chi connectivity index (χ1v) is 10.2. The summed E-state index contributed by atoms with van der Waals surface area (Å²) in [7, 11) is 0. The maximum absolute atomic E-state index is 13.5. The maximum atomic E-state index is 13.5. The summed E-state index contributed by atoms with van der Waals surface area (Å²) < 4.78 is 13.5. The lowest BCUT2D eigenvalue weighted by Gasteiger charge is -2.27. The second-order valence-corrected chi connectivity index (χ2v) is 7.81. The molecule has 0 spiro atoms. The smallest absolute Gasteiger partial charge is 0.165 e. The van der Waals surface area contributed by atoms with Crippen molar-refractivity contribution < 1.29 is 9.50 Å². The van der Waals surface area contributed by atoms with Gasteiger partial charge >= 0.3 is 0 Å². The van der Waals surface area contributed by atoms with Gasteiger partial charge in [-0.3, -0.25) is 0 Å². The molecule has 0 aliphatic carbocycles. The number of rotatable bonds is 3. The first kappa shape index (κ1) is 18.6. The molecule has 5 rings (SSSR count). The van der Waals surface area contributed by atoms with Gasteiger partial charge in [-0.15, -0.1) is 0 Å². The molecule has 1 saturated heterocycles. The second-order valence-electron chi connectivity index (χ2n) is 7.81. The Morgan fingerprint density at radius 1 is 1.00 bits per heavy atom. The van der Waals surface area contributed by atoms with E-state index >= 15 is 0 Å². The van der Waals surface area contributed by atoms with Crippen molar-refractivity contribution in [1.29, 1.82) is 0 Å². The molecule has 1 aliphatic heterocycles. The minimum absolute atomic E-state index is 0.127. The van der Waals surface area contributed by atoms with E-state index in [9.17, 15) is 9.50 Å². The molecule has 4 aromatic rings. The van der Waals surface area contributed by atoms with Gasteiger partial charge in [-0.05, 0) is 67.3 Å². The number of benzene rings is 3. The minimum atomic E-state index is -0.229. The highest BCUT2D eigenvalue weighted by molar-refractivity contribution is 5.92. The van der Waals surface area contributed by atoms with E-state index in [2.05, 4.69) is 17.0 Å². The molecule has 5 heteroatoms. The summed E-state index contributed by atoms with van der Waals surface area (Å²) in [6.45, 7) is 2.90. The molecule has 2 heterocycles. The number of phenols is 1. The van der Waals surface area contributed by atoms with Crippen LogP contribution in [-0.4, -0.2) is 21.6 Å². The van der Waals surface area contributed by atoms with Gasteiger partial charge in [0.2, 0.25) is 0 Å². The SMILES string of the molecule is Cc1ccc2c(N3CCCC3c3ccc(F)cc3)nc(-c3ccccc3O)nc2c1. The largest absolute Gasteiger partial charge is 0.507 e. The highest BCUT2D eigenvalue weighted by Gasteiger charge is 2.29. The predicted octanol–water partition coefficient (Wildman–Crippen LogP) is 5.79. The van der Waals surface area contributed by atoms with E-state index in [0.717, 1.165) is 47.2 Å². The number of aromatic hydroxyl groups is 1. The van der Waals surface area contributed by atoms with Gasteiger partial charge in [-0.2, -0.15) is 0 Å². The molecular formula is C25H22FN3O. The van der Waals surface area contributed by atoms with Crippen LogP contribution in [0.15, 0.2) is 66.7 Å². The Labute approximate surface area is 174 Å². The zero-order valence-electron chi connectivity index (χ0n) is 16.7. The molecule has 0 amide bonds. The number of anilines is 1. The van der Waals surface area contributed by atoms with Crippen LogP contribution in [0.2, 0.25) is 0 Å². The average molecular weight is 399 g/mol.